The second-order valence-electron chi connectivity index (χ2n) is 6.28. The van der Waals surface area contributed by atoms with E-state index >= 15 is 0 Å². The summed E-state index contributed by atoms with van der Waals surface area (Å²) in [6.07, 6.45) is 3.09. The van der Waals surface area contributed by atoms with Gasteiger partial charge in [-0.05, 0) is 49.6 Å². The number of rotatable bonds is 3. The number of nitrogens with one attached hydrogen (secondary N) is 1. The summed E-state index contributed by atoms with van der Waals surface area (Å²) < 4.78 is 7.03. The summed E-state index contributed by atoms with van der Waals surface area (Å²) in [6.45, 7) is 3.17. The monoisotopic (exact) mass is 463 g/mol. The summed E-state index contributed by atoms with van der Waals surface area (Å²) in [6, 6.07) is 7.50. The van der Waals surface area contributed by atoms with Crippen molar-refractivity contribution in [1.29, 1.82) is 5.26 Å². The summed E-state index contributed by atoms with van der Waals surface area (Å²) in [5.41, 5.74) is 3.04. The zero-order chi connectivity index (χ0) is 18.1. The summed E-state index contributed by atoms with van der Waals surface area (Å²) in [5.74, 6) is 0.388. The molecule has 0 saturated carbocycles. The molecule has 1 aliphatic rings. The van der Waals surface area contributed by atoms with Gasteiger partial charge in [0.1, 0.15) is 0 Å². The minimum Gasteiger partial charge on any atom is -0.398 e. The van der Waals surface area contributed by atoms with Crippen LogP contribution in [0.25, 0.3) is 11.2 Å². The normalized spacial score (nSPS) is 14.5. The van der Waals surface area contributed by atoms with Gasteiger partial charge >= 0.3 is 27.3 Å². The molecule has 27 heavy (non-hydrogen) atoms. The number of benzene rings is 1. The zero-order valence-corrected chi connectivity index (χ0v) is 19.0. The number of hydrogen-bond donors (Lipinski definition) is 1. The van der Waals surface area contributed by atoms with Crippen LogP contribution in [0.1, 0.15) is 30.0 Å². The van der Waals surface area contributed by atoms with Gasteiger partial charge in [0.15, 0.2) is 5.69 Å². The average molecular weight is 462 g/mol. The van der Waals surface area contributed by atoms with Crippen LogP contribution in [0.15, 0.2) is 29.2 Å². The second kappa shape index (κ2) is 8.18. The van der Waals surface area contributed by atoms with Crippen LogP contribution in [0.3, 0.4) is 0 Å². The second-order valence-corrected chi connectivity index (χ2v) is 6.28. The number of hydrogen-bond acceptors (Lipinski definition) is 6. The predicted octanol–water partition coefficient (Wildman–Crippen LogP) is 2.02. The number of nitriles is 1. The Morgan fingerprint density at radius 1 is 1.37 bits per heavy atom. The third-order valence-corrected chi connectivity index (χ3v) is 4.56. The van der Waals surface area contributed by atoms with Gasteiger partial charge in [-0.15, -0.1) is 0 Å². The molecule has 0 bridgehead atoms. The van der Waals surface area contributed by atoms with Crippen molar-refractivity contribution < 1.29 is 32.0 Å². The van der Waals surface area contributed by atoms with E-state index in [4.69, 9.17) is 10.00 Å². The Morgan fingerprint density at radius 3 is 2.85 bits per heavy atom. The van der Waals surface area contributed by atoms with Gasteiger partial charge in [-0.25, -0.2) is 9.97 Å². The molecule has 1 N–H and O–H groups in total. The van der Waals surface area contributed by atoms with E-state index in [9.17, 15) is 4.79 Å². The van der Waals surface area contributed by atoms with E-state index in [1.54, 1.807) is 22.9 Å². The number of aryl methyl sites for hydroxylation is 1. The maximum absolute atomic E-state index is 12.3. The van der Waals surface area contributed by atoms with Crippen molar-refractivity contribution in [1.82, 2.24) is 19.5 Å². The fourth-order valence-corrected chi connectivity index (χ4v) is 3.20. The van der Waals surface area contributed by atoms with E-state index in [1.807, 2.05) is 13.0 Å². The molecule has 1 aliphatic heterocycles. The first-order valence-electron chi connectivity index (χ1n) is 8.43. The number of nitrogens with zero attached hydrogens (tertiary/aromatic N) is 5. The molecule has 8 nitrogen and oxygen atoms in total. The summed E-state index contributed by atoms with van der Waals surface area (Å²) in [7, 11) is 0. The van der Waals surface area contributed by atoms with Crippen molar-refractivity contribution >= 4 is 22.8 Å². The van der Waals surface area contributed by atoms with E-state index in [2.05, 4.69) is 26.3 Å². The van der Waals surface area contributed by atoms with Crippen LogP contribution in [0.4, 0.5) is 11.6 Å². The molecular weight excluding hydrogens is 445 g/mol. The fraction of sp³-hybridized carbons (Fsp3) is 0.333. The molecule has 0 amide bonds. The molecule has 0 radical (unpaired) electrons. The molecule has 3 aromatic rings. The van der Waals surface area contributed by atoms with Gasteiger partial charge in [0.2, 0.25) is 5.95 Å². The minimum absolute atomic E-state index is 0. The molecule has 0 spiro atoms. The molecule has 1 saturated heterocycles. The SMILES string of the molecule is Cc1cc(C#N)ccc1Nc1ncc2[n-]c(=O)n(C3CCOCC3)c2n1.[Cd+2]. The molecule has 9 heteroatoms. The van der Waals surface area contributed by atoms with Crippen molar-refractivity contribution in [2.45, 2.75) is 25.8 Å². The van der Waals surface area contributed by atoms with Crippen LogP contribution < -0.4 is 16.0 Å². The van der Waals surface area contributed by atoms with Gasteiger partial charge in [-0.3, -0.25) is 4.79 Å². The predicted molar refractivity (Wildman–Crippen MR) is 95.4 cm³/mol. The topological polar surface area (TPSA) is 107 Å². The van der Waals surface area contributed by atoms with Gasteiger partial charge in [0, 0.05) is 30.6 Å². The molecule has 0 aliphatic carbocycles. The van der Waals surface area contributed by atoms with Crippen molar-refractivity contribution in [3.05, 3.63) is 46.0 Å². The number of imidazole rings is 1. The van der Waals surface area contributed by atoms with E-state index in [0.29, 0.717) is 35.9 Å². The Morgan fingerprint density at radius 2 is 2.15 bits per heavy atom. The van der Waals surface area contributed by atoms with Crippen molar-refractivity contribution in [3.8, 4) is 6.07 Å². The van der Waals surface area contributed by atoms with Gasteiger partial charge in [-0.2, -0.15) is 5.26 Å². The molecule has 1 aromatic carbocycles. The average Bonchev–Trinajstić information content (AvgIpc) is 2.99. The molecule has 0 unspecified atom stereocenters. The third kappa shape index (κ3) is 3.89. The Kier molecular flexibility index (Phi) is 5.91. The van der Waals surface area contributed by atoms with Crippen LogP contribution >= 0.6 is 0 Å². The van der Waals surface area contributed by atoms with E-state index in [1.165, 1.54) is 0 Å². The van der Waals surface area contributed by atoms with Crippen molar-refractivity contribution in [2.24, 2.45) is 0 Å². The third-order valence-electron chi connectivity index (χ3n) is 4.56. The maximum atomic E-state index is 12.3. The molecular formula is C18H17CdN6O2+. The first-order chi connectivity index (χ1) is 12.7. The summed E-state index contributed by atoms with van der Waals surface area (Å²) in [5, 5.41) is 12.1. The Labute approximate surface area is 175 Å². The first kappa shape index (κ1) is 19.5. The summed E-state index contributed by atoms with van der Waals surface area (Å²) in [4.78, 5) is 25.2. The smallest absolute Gasteiger partial charge is 0.398 e. The summed E-state index contributed by atoms with van der Waals surface area (Å²) >= 11 is 0. The minimum atomic E-state index is -0.298. The Hall–Kier alpha value is -2.26. The molecule has 2 aromatic heterocycles. The number of fused-ring (bicyclic) bond motifs is 1. The van der Waals surface area contributed by atoms with Gasteiger partial charge in [0.05, 0.1) is 17.3 Å². The first-order valence-corrected chi connectivity index (χ1v) is 8.43. The molecule has 0 atom stereocenters. The fourth-order valence-electron chi connectivity index (χ4n) is 3.20. The number of ether oxygens (including phenoxy) is 1. The van der Waals surface area contributed by atoms with Crippen LogP contribution in [0, 0.1) is 18.3 Å². The largest absolute Gasteiger partial charge is 2.00 e. The van der Waals surface area contributed by atoms with Crippen molar-refractivity contribution in [3.63, 3.8) is 0 Å². The van der Waals surface area contributed by atoms with Crippen molar-refractivity contribution in [2.75, 3.05) is 18.5 Å². The molecule has 1 fully saturated rings. The molecule has 4 rings (SSSR count). The van der Waals surface area contributed by atoms with Crippen LogP contribution in [-0.2, 0) is 32.0 Å². The van der Waals surface area contributed by atoms with Crippen LogP contribution in [0.5, 0.6) is 0 Å². The van der Waals surface area contributed by atoms with E-state index in [0.717, 1.165) is 24.1 Å². The number of anilines is 2. The maximum Gasteiger partial charge on any atom is 2.00 e. The Balaban J connectivity index is 0.00000210. The van der Waals surface area contributed by atoms with Crippen LogP contribution in [-0.4, -0.2) is 27.7 Å². The van der Waals surface area contributed by atoms with E-state index < -0.39 is 0 Å². The van der Waals surface area contributed by atoms with Gasteiger partial charge in [-0.1, -0.05) is 0 Å². The van der Waals surface area contributed by atoms with E-state index in [-0.39, 0.29) is 39.0 Å². The zero-order valence-electron chi connectivity index (χ0n) is 15.0. The van der Waals surface area contributed by atoms with Crippen LogP contribution in [0.2, 0.25) is 0 Å². The Bertz CT molecular complexity index is 1060. The standard InChI is InChI=1S/C18H18N6O2.Cd/c1-11-8-12(9-19)2-3-14(11)21-17-20-10-15-16(23-17)24(18(25)22-15)13-4-6-26-7-5-13;/h2-3,8,10,13H,4-7H2,1H3,(H2,20,21,22,23,25);/q;+2/p-1. The van der Waals surface area contributed by atoms with Gasteiger partial charge < -0.3 is 19.6 Å². The quantitative estimate of drug-likeness (QED) is 0.595. The molecule has 132 valence electrons. The number of aromatic nitrogens is 4. The molecule has 3 heterocycles. The van der Waals surface area contributed by atoms with Gasteiger partial charge in [0.25, 0.3) is 0 Å².